The summed E-state index contributed by atoms with van der Waals surface area (Å²) in [5, 5.41) is 20.1. The van der Waals surface area contributed by atoms with Crippen LogP contribution in [0.15, 0.2) is 174 Å². The van der Waals surface area contributed by atoms with Gasteiger partial charge in [0.2, 0.25) is 0 Å². The quantitative estimate of drug-likeness (QED) is 0.179. The normalized spacial score (nSPS) is 12.1. The largest absolute Gasteiger partial charge is 0.455 e. The molecule has 0 radical (unpaired) electrons. The molecule has 5 aromatic heterocycles. The summed E-state index contributed by atoms with van der Waals surface area (Å²) in [4.78, 5) is 15.1. The molecule has 0 saturated heterocycles. The zero-order valence-electron chi connectivity index (χ0n) is 31.3. The fourth-order valence-electron chi connectivity index (χ4n) is 9.51. The van der Waals surface area contributed by atoms with E-state index >= 15 is 0 Å². The highest BCUT2D eigenvalue weighted by Crippen LogP contribution is 2.47. The Labute approximate surface area is 335 Å². The van der Waals surface area contributed by atoms with Gasteiger partial charge in [-0.05, 0) is 30.3 Å². The van der Waals surface area contributed by atoms with Gasteiger partial charge in [-0.25, -0.2) is 15.0 Å². The van der Waals surface area contributed by atoms with Gasteiger partial charge in [-0.15, -0.1) is 0 Å². The first-order valence-corrected chi connectivity index (χ1v) is 19.6. The van der Waals surface area contributed by atoms with Crippen LogP contribution in [0.3, 0.4) is 0 Å². The van der Waals surface area contributed by atoms with Gasteiger partial charge in [0.15, 0.2) is 17.5 Å². The molecule has 0 atom stereocenters. The molecule has 0 unspecified atom stereocenters. The molecule has 0 spiro atoms. The number of nitrogens with zero attached hydrogens (tertiary/aromatic N) is 6. The molecule has 8 aromatic carbocycles. The number of hydrogen-bond acceptors (Lipinski definition) is 5. The van der Waals surface area contributed by atoms with Crippen molar-refractivity contribution in [2.75, 3.05) is 0 Å². The summed E-state index contributed by atoms with van der Waals surface area (Å²) in [7, 11) is 0. The van der Waals surface area contributed by atoms with Crippen LogP contribution in [-0.4, -0.2) is 23.9 Å². The smallest absolute Gasteiger partial charge is 0.169 e. The maximum Gasteiger partial charge on any atom is 0.169 e. The Morgan fingerprint density at radius 1 is 0.458 bits per heavy atom. The number of hydrogen-bond donors (Lipinski definition) is 0. The molecule has 0 N–H and O–H groups in total. The van der Waals surface area contributed by atoms with Crippen LogP contribution in [0.25, 0.3) is 122 Å². The Kier molecular flexibility index (Phi) is 6.38. The minimum Gasteiger partial charge on any atom is -0.455 e. The average molecular weight is 753 g/mol. The second kappa shape index (κ2) is 11.8. The first-order valence-electron chi connectivity index (χ1n) is 19.6. The predicted molar refractivity (Wildman–Crippen MR) is 237 cm³/mol. The third-order valence-corrected chi connectivity index (χ3v) is 11.9. The number of fused-ring (bicyclic) bond motifs is 13. The molecule has 272 valence electrons. The third-order valence-electron chi connectivity index (χ3n) is 11.9. The Morgan fingerprint density at radius 2 is 1.03 bits per heavy atom. The summed E-state index contributed by atoms with van der Waals surface area (Å²) in [6.07, 6.45) is 0. The monoisotopic (exact) mass is 752 g/mol. The highest BCUT2D eigenvalue weighted by atomic mass is 16.3. The fourth-order valence-corrected chi connectivity index (χ4v) is 9.51. The van der Waals surface area contributed by atoms with Gasteiger partial charge in [0.1, 0.15) is 17.2 Å². The summed E-state index contributed by atoms with van der Waals surface area (Å²) in [5.41, 5.74) is 10.3. The molecule has 13 rings (SSSR count). The van der Waals surface area contributed by atoms with E-state index in [1.165, 1.54) is 27.2 Å². The Morgan fingerprint density at radius 3 is 1.76 bits per heavy atom. The lowest BCUT2D eigenvalue weighted by Gasteiger charge is -2.15. The number of para-hydroxylation sites is 4. The lowest BCUT2D eigenvalue weighted by atomic mass is 10.00. The van der Waals surface area contributed by atoms with Crippen LogP contribution in [0.1, 0.15) is 5.56 Å². The highest BCUT2D eigenvalue weighted by Gasteiger charge is 2.28. The summed E-state index contributed by atoms with van der Waals surface area (Å²) in [6.45, 7) is 0. The molecule has 7 nitrogen and oxygen atoms in total. The van der Waals surface area contributed by atoms with Crippen molar-refractivity contribution >= 4 is 81.8 Å². The van der Waals surface area contributed by atoms with Gasteiger partial charge in [-0.2, -0.15) is 5.26 Å². The van der Waals surface area contributed by atoms with Crippen LogP contribution in [0, 0.1) is 11.3 Å². The molecule has 0 aliphatic rings. The van der Waals surface area contributed by atoms with Crippen molar-refractivity contribution in [3.05, 3.63) is 175 Å². The van der Waals surface area contributed by atoms with Crippen molar-refractivity contribution < 1.29 is 4.42 Å². The molecule has 13 aromatic rings. The van der Waals surface area contributed by atoms with Gasteiger partial charge in [0.05, 0.1) is 49.8 Å². The number of nitriles is 1. The SMILES string of the molecule is N#Cc1cc(-n2c3ccccc3c3ccc4c(c5cccc6c7ccccc7n4c65)c32)c2c(oc3ccccc32)c1-c1nc(-c2ccccc2)nc(-c2ccccc2)n1. The van der Waals surface area contributed by atoms with Crippen molar-refractivity contribution in [3.8, 4) is 45.9 Å². The van der Waals surface area contributed by atoms with E-state index in [4.69, 9.17) is 19.4 Å². The van der Waals surface area contributed by atoms with E-state index in [1.54, 1.807) is 0 Å². The molecule has 0 aliphatic carbocycles. The van der Waals surface area contributed by atoms with Crippen LogP contribution < -0.4 is 0 Å². The van der Waals surface area contributed by atoms with E-state index in [-0.39, 0.29) is 0 Å². The summed E-state index contributed by atoms with van der Waals surface area (Å²) in [5.74, 6) is 1.39. The van der Waals surface area contributed by atoms with E-state index in [9.17, 15) is 5.26 Å². The molecule has 7 heteroatoms. The van der Waals surface area contributed by atoms with Gasteiger partial charge in [-0.3, -0.25) is 0 Å². The van der Waals surface area contributed by atoms with E-state index < -0.39 is 0 Å². The highest BCUT2D eigenvalue weighted by molar-refractivity contribution is 6.31. The molecule has 0 bridgehead atoms. The Bertz CT molecular complexity index is 3850. The first-order chi connectivity index (χ1) is 29.2. The van der Waals surface area contributed by atoms with Gasteiger partial charge in [0.25, 0.3) is 0 Å². The molecule has 0 amide bonds. The lowest BCUT2D eigenvalue weighted by Crippen LogP contribution is -2.03. The maximum atomic E-state index is 11.2. The average Bonchev–Trinajstić information content (AvgIpc) is 4.05. The summed E-state index contributed by atoms with van der Waals surface area (Å²) >= 11 is 0. The molecule has 59 heavy (non-hydrogen) atoms. The van der Waals surface area contributed by atoms with E-state index in [2.05, 4.69) is 100.0 Å². The summed E-state index contributed by atoms with van der Waals surface area (Å²) in [6, 6.07) is 60.8. The van der Waals surface area contributed by atoms with Crippen LogP contribution in [-0.2, 0) is 0 Å². The maximum absolute atomic E-state index is 11.2. The zero-order valence-corrected chi connectivity index (χ0v) is 31.3. The van der Waals surface area contributed by atoms with Crippen LogP contribution in [0.5, 0.6) is 0 Å². The van der Waals surface area contributed by atoms with Crippen LogP contribution in [0.4, 0.5) is 0 Å². The standard InChI is InChI=1S/C52H28N6O/c53-29-32-28-42(58-40-24-11-8-19-34(40)36-26-27-41-45(48(36)58)38-22-13-21-35-33-18-7-10-23-39(33)57(41)47(35)38)46-37-20-9-12-25-43(37)59-49(46)44(32)52-55-50(30-14-3-1-4-15-30)54-51(56-52)31-16-5-2-6-17-31/h1-28H. The molecule has 5 heterocycles. The van der Waals surface area contributed by atoms with Crippen molar-refractivity contribution in [2.24, 2.45) is 0 Å². The van der Waals surface area contributed by atoms with Crippen molar-refractivity contribution in [1.82, 2.24) is 23.9 Å². The van der Waals surface area contributed by atoms with Gasteiger partial charge in [0, 0.05) is 48.8 Å². The number of benzene rings is 8. The van der Waals surface area contributed by atoms with Crippen molar-refractivity contribution in [3.63, 3.8) is 0 Å². The minimum absolute atomic E-state index is 0.367. The molecule has 0 saturated carbocycles. The van der Waals surface area contributed by atoms with Crippen molar-refractivity contribution in [2.45, 2.75) is 0 Å². The Hall–Kier alpha value is -8.34. The molecular weight excluding hydrogens is 725 g/mol. The van der Waals surface area contributed by atoms with Gasteiger partial charge in [-0.1, -0.05) is 140 Å². The number of furan rings is 1. The molecular formula is C52H28N6O. The fraction of sp³-hybridized carbons (Fsp3) is 0. The van der Waals surface area contributed by atoms with Crippen LogP contribution >= 0.6 is 0 Å². The number of aromatic nitrogens is 5. The second-order valence-corrected chi connectivity index (χ2v) is 15.0. The predicted octanol–water partition coefficient (Wildman–Crippen LogP) is 12.9. The van der Waals surface area contributed by atoms with E-state index in [0.717, 1.165) is 60.3 Å². The third kappa shape index (κ3) is 4.32. The Balaban J connectivity index is 1.20. The van der Waals surface area contributed by atoms with E-state index in [0.29, 0.717) is 39.8 Å². The first kappa shape index (κ1) is 31.8. The summed E-state index contributed by atoms with van der Waals surface area (Å²) < 4.78 is 11.7. The molecule has 0 fully saturated rings. The molecule has 0 aliphatic heterocycles. The minimum atomic E-state index is 0.367. The van der Waals surface area contributed by atoms with Crippen LogP contribution in [0.2, 0.25) is 0 Å². The number of rotatable bonds is 4. The van der Waals surface area contributed by atoms with Gasteiger partial charge < -0.3 is 13.4 Å². The zero-order chi connectivity index (χ0) is 38.8. The van der Waals surface area contributed by atoms with Crippen molar-refractivity contribution in [1.29, 1.82) is 5.26 Å². The van der Waals surface area contributed by atoms with Gasteiger partial charge >= 0.3 is 0 Å². The topological polar surface area (TPSA) is 84.9 Å². The second-order valence-electron chi connectivity index (χ2n) is 15.0. The lowest BCUT2D eigenvalue weighted by molar-refractivity contribution is 0.669. The van der Waals surface area contributed by atoms with E-state index in [1.807, 2.05) is 84.9 Å².